The number of nitrogens with one attached hydrogen (secondary N) is 1. The summed E-state index contributed by atoms with van der Waals surface area (Å²) >= 11 is 0. The fourth-order valence-electron chi connectivity index (χ4n) is 2.37. The van der Waals surface area contributed by atoms with E-state index < -0.39 is 0 Å². The number of morpholine rings is 1. The fraction of sp³-hybridized carbons (Fsp3) is 0.625. The molecule has 0 spiro atoms. The number of likely N-dealkylation sites (N-methyl/N-ethyl adjacent to an activating group) is 1. The quantitative estimate of drug-likeness (QED) is 0.826. The Balaban J connectivity index is 1.76. The first kappa shape index (κ1) is 15.3. The van der Waals surface area contributed by atoms with Crippen LogP contribution in [0.4, 0.5) is 0 Å². The number of benzene rings is 1. The Labute approximate surface area is 122 Å². The Bertz CT molecular complexity index is 375. The number of hydrogen-bond donors (Lipinski definition) is 1. The van der Waals surface area contributed by atoms with Crippen LogP contribution in [-0.4, -0.2) is 50.9 Å². The summed E-state index contributed by atoms with van der Waals surface area (Å²) < 4.78 is 11.3. The average Bonchev–Trinajstić information content (AvgIpc) is 2.47. The monoisotopic (exact) mass is 278 g/mol. The van der Waals surface area contributed by atoms with Crippen LogP contribution in [-0.2, 0) is 11.3 Å². The summed E-state index contributed by atoms with van der Waals surface area (Å²) in [5, 5.41) is 3.36. The zero-order valence-electron chi connectivity index (χ0n) is 12.6. The molecule has 1 saturated heterocycles. The minimum Gasteiger partial charge on any atom is -0.494 e. The van der Waals surface area contributed by atoms with Crippen molar-refractivity contribution in [3.8, 4) is 5.75 Å². The summed E-state index contributed by atoms with van der Waals surface area (Å²) in [5.74, 6) is 0.957. The first-order chi connectivity index (χ1) is 9.78. The van der Waals surface area contributed by atoms with Crippen LogP contribution in [0.5, 0.6) is 5.75 Å². The predicted octanol–water partition coefficient (Wildman–Crippen LogP) is 1.90. The lowest BCUT2D eigenvalue weighted by Gasteiger charge is -2.28. The molecule has 1 aliphatic rings. The highest BCUT2D eigenvalue weighted by molar-refractivity contribution is 5.27. The molecule has 1 heterocycles. The number of nitrogens with zero attached hydrogens (tertiary/aromatic N) is 1. The molecule has 0 aliphatic carbocycles. The standard InChI is InChI=1S/C16H26N2O2/c1-3-9-19-15-6-4-14(5-7-15)12-18(2)13-16-11-17-8-10-20-16/h4-7,16-17H,3,8-13H2,1-2H3. The molecule has 0 radical (unpaired) electrons. The molecule has 1 unspecified atom stereocenters. The Morgan fingerprint density at radius 1 is 1.35 bits per heavy atom. The van der Waals surface area contributed by atoms with E-state index in [2.05, 4.69) is 48.5 Å². The molecule has 2 rings (SSSR count). The normalized spacial score (nSPS) is 19.2. The van der Waals surface area contributed by atoms with Crippen molar-refractivity contribution in [2.45, 2.75) is 26.0 Å². The van der Waals surface area contributed by atoms with Crippen LogP contribution in [0, 0.1) is 0 Å². The van der Waals surface area contributed by atoms with Gasteiger partial charge in [-0.2, -0.15) is 0 Å². The molecule has 1 N–H and O–H groups in total. The topological polar surface area (TPSA) is 33.7 Å². The van der Waals surface area contributed by atoms with Crippen molar-refractivity contribution in [1.82, 2.24) is 10.2 Å². The van der Waals surface area contributed by atoms with Crippen molar-refractivity contribution in [3.05, 3.63) is 29.8 Å². The van der Waals surface area contributed by atoms with Gasteiger partial charge in [-0.3, -0.25) is 4.90 Å². The van der Waals surface area contributed by atoms with Crippen molar-refractivity contribution in [2.75, 3.05) is 39.9 Å². The number of ether oxygens (including phenoxy) is 2. The smallest absolute Gasteiger partial charge is 0.119 e. The van der Waals surface area contributed by atoms with Crippen molar-refractivity contribution < 1.29 is 9.47 Å². The molecule has 1 atom stereocenters. The van der Waals surface area contributed by atoms with E-state index in [1.54, 1.807) is 0 Å². The summed E-state index contributed by atoms with van der Waals surface area (Å²) in [6.45, 7) is 7.54. The van der Waals surface area contributed by atoms with Gasteiger partial charge in [0.1, 0.15) is 5.75 Å². The highest BCUT2D eigenvalue weighted by Crippen LogP contribution is 2.14. The summed E-state index contributed by atoms with van der Waals surface area (Å²) in [6, 6.07) is 8.39. The van der Waals surface area contributed by atoms with Gasteiger partial charge in [0.15, 0.2) is 0 Å². The van der Waals surface area contributed by atoms with E-state index in [4.69, 9.17) is 9.47 Å². The molecule has 112 valence electrons. The molecule has 4 nitrogen and oxygen atoms in total. The molecule has 1 fully saturated rings. The first-order valence-corrected chi connectivity index (χ1v) is 7.50. The van der Waals surface area contributed by atoms with Crippen molar-refractivity contribution in [2.24, 2.45) is 0 Å². The fourth-order valence-corrected chi connectivity index (χ4v) is 2.37. The van der Waals surface area contributed by atoms with Crippen LogP contribution in [0.25, 0.3) is 0 Å². The molecule has 0 saturated carbocycles. The summed E-state index contributed by atoms with van der Waals surface area (Å²) in [7, 11) is 2.14. The molecular formula is C16H26N2O2. The van der Waals surface area contributed by atoms with Gasteiger partial charge in [0.2, 0.25) is 0 Å². The van der Waals surface area contributed by atoms with Crippen molar-refractivity contribution >= 4 is 0 Å². The van der Waals surface area contributed by atoms with E-state index >= 15 is 0 Å². The summed E-state index contributed by atoms with van der Waals surface area (Å²) in [6.07, 6.45) is 1.35. The van der Waals surface area contributed by atoms with Gasteiger partial charge >= 0.3 is 0 Å². The van der Waals surface area contributed by atoms with Gasteiger partial charge < -0.3 is 14.8 Å². The highest BCUT2D eigenvalue weighted by Gasteiger charge is 2.15. The van der Waals surface area contributed by atoms with Gasteiger partial charge in [-0.15, -0.1) is 0 Å². The highest BCUT2D eigenvalue weighted by atomic mass is 16.5. The molecule has 1 aromatic rings. The van der Waals surface area contributed by atoms with E-state index in [0.717, 1.165) is 51.6 Å². The molecular weight excluding hydrogens is 252 g/mol. The van der Waals surface area contributed by atoms with Crippen LogP contribution in [0.15, 0.2) is 24.3 Å². The summed E-state index contributed by atoms with van der Waals surface area (Å²) in [4.78, 5) is 2.31. The maximum atomic E-state index is 5.73. The predicted molar refractivity (Wildman–Crippen MR) is 81.2 cm³/mol. The second-order valence-electron chi connectivity index (χ2n) is 5.39. The van der Waals surface area contributed by atoms with Gasteiger partial charge in [-0.05, 0) is 31.2 Å². The van der Waals surface area contributed by atoms with Gasteiger partial charge in [-0.25, -0.2) is 0 Å². The molecule has 1 aromatic carbocycles. The van der Waals surface area contributed by atoms with Gasteiger partial charge in [-0.1, -0.05) is 19.1 Å². The third-order valence-corrected chi connectivity index (χ3v) is 3.37. The lowest BCUT2D eigenvalue weighted by atomic mass is 10.2. The molecule has 1 aliphatic heterocycles. The van der Waals surface area contributed by atoms with Crippen LogP contribution in [0.3, 0.4) is 0 Å². The Kier molecular flexibility index (Phi) is 6.30. The maximum Gasteiger partial charge on any atom is 0.119 e. The van der Waals surface area contributed by atoms with E-state index in [1.807, 2.05) is 0 Å². The second-order valence-corrected chi connectivity index (χ2v) is 5.39. The molecule has 20 heavy (non-hydrogen) atoms. The number of rotatable bonds is 7. The zero-order chi connectivity index (χ0) is 14.2. The molecule has 0 aromatic heterocycles. The zero-order valence-corrected chi connectivity index (χ0v) is 12.6. The Hall–Kier alpha value is -1.10. The van der Waals surface area contributed by atoms with Crippen LogP contribution in [0.2, 0.25) is 0 Å². The summed E-state index contributed by atoms with van der Waals surface area (Å²) in [5.41, 5.74) is 1.31. The van der Waals surface area contributed by atoms with Crippen molar-refractivity contribution in [3.63, 3.8) is 0 Å². The van der Waals surface area contributed by atoms with Gasteiger partial charge in [0.05, 0.1) is 19.3 Å². The van der Waals surface area contributed by atoms with E-state index in [-0.39, 0.29) is 0 Å². The Morgan fingerprint density at radius 3 is 2.80 bits per heavy atom. The Morgan fingerprint density at radius 2 is 2.15 bits per heavy atom. The molecule has 4 heteroatoms. The molecule has 0 bridgehead atoms. The third kappa shape index (κ3) is 5.12. The van der Waals surface area contributed by atoms with Crippen LogP contribution in [0.1, 0.15) is 18.9 Å². The van der Waals surface area contributed by atoms with Gasteiger partial charge in [0, 0.05) is 26.2 Å². The third-order valence-electron chi connectivity index (χ3n) is 3.37. The van der Waals surface area contributed by atoms with E-state index in [9.17, 15) is 0 Å². The number of hydrogen-bond acceptors (Lipinski definition) is 4. The van der Waals surface area contributed by atoms with Crippen LogP contribution < -0.4 is 10.1 Å². The van der Waals surface area contributed by atoms with Crippen LogP contribution >= 0.6 is 0 Å². The first-order valence-electron chi connectivity index (χ1n) is 7.50. The lowest BCUT2D eigenvalue weighted by molar-refractivity contribution is 0.00884. The average molecular weight is 278 g/mol. The minimum absolute atomic E-state index is 0.306. The maximum absolute atomic E-state index is 5.73. The van der Waals surface area contributed by atoms with E-state index in [1.165, 1.54) is 5.56 Å². The lowest BCUT2D eigenvalue weighted by Crippen LogP contribution is -2.44. The largest absolute Gasteiger partial charge is 0.494 e. The van der Waals surface area contributed by atoms with Gasteiger partial charge in [0.25, 0.3) is 0 Å². The second kappa shape index (κ2) is 8.25. The molecule has 0 amide bonds. The van der Waals surface area contributed by atoms with Crippen molar-refractivity contribution in [1.29, 1.82) is 0 Å². The SMILES string of the molecule is CCCOc1ccc(CN(C)CC2CNCCO2)cc1. The van der Waals surface area contributed by atoms with E-state index in [0.29, 0.717) is 6.10 Å². The minimum atomic E-state index is 0.306.